The van der Waals surface area contributed by atoms with E-state index in [1.54, 1.807) is 13.2 Å². The van der Waals surface area contributed by atoms with Crippen molar-refractivity contribution < 1.29 is 18.7 Å². The molecule has 1 aliphatic carbocycles. The summed E-state index contributed by atoms with van der Waals surface area (Å²) >= 11 is 1.27. The van der Waals surface area contributed by atoms with E-state index in [9.17, 15) is 4.79 Å². The lowest BCUT2D eigenvalue weighted by molar-refractivity contribution is -0.0348. The van der Waals surface area contributed by atoms with Crippen LogP contribution in [0, 0.1) is 19.7 Å². The molecule has 4 unspecified atom stereocenters. The number of nitrogen functional groups attached to an aromatic ring is 1. The monoisotopic (exact) mass is 543 g/mol. The third kappa shape index (κ3) is 5.18. The van der Waals surface area contributed by atoms with Gasteiger partial charge in [-0.25, -0.2) is 19.3 Å². The topological polar surface area (TPSA) is 142 Å². The van der Waals surface area contributed by atoms with Crippen molar-refractivity contribution in [1.82, 2.24) is 20.3 Å². The van der Waals surface area contributed by atoms with Crippen LogP contribution in [0.5, 0.6) is 0 Å². The number of halogens is 1. The smallest absolute Gasteiger partial charge is 0.263 e. The highest BCUT2D eigenvalue weighted by Gasteiger charge is 2.35. The van der Waals surface area contributed by atoms with Gasteiger partial charge in [0.05, 0.1) is 41.6 Å². The zero-order valence-corrected chi connectivity index (χ0v) is 22.9. The van der Waals surface area contributed by atoms with Crippen LogP contribution in [0.25, 0.3) is 10.2 Å². The second kappa shape index (κ2) is 10.7. The first kappa shape index (κ1) is 26.7. The molecular formula is C26H34FN7O3S. The van der Waals surface area contributed by atoms with Gasteiger partial charge in [-0.1, -0.05) is 0 Å². The molecule has 38 heavy (non-hydrogen) atoms. The van der Waals surface area contributed by atoms with Crippen molar-refractivity contribution in [2.24, 2.45) is 5.73 Å². The normalized spacial score (nSPS) is 22.1. The van der Waals surface area contributed by atoms with Gasteiger partial charge in [-0.15, -0.1) is 11.3 Å². The van der Waals surface area contributed by atoms with E-state index in [-0.39, 0.29) is 30.2 Å². The summed E-state index contributed by atoms with van der Waals surface area (Å²) in [6, 6.07) is 1.14. The molecule has 10 nitrogen and oxygen atoms in total. The first-order chi connectivity index (χ1) is 18.1. The van der Waals surface area contributed by atoms with Crippen molar-refractivity contribution in [3.05, 3.63) is 39.5 Å². The minimum Gasteiger partial charge on any atom is -0.397 e. The summed E-state index contributed by atoms with van der Waals surface area (Å²) in [4.78, 5) is 29.6. The molecule has 204 valence electrons. The summed E-state index contributed by atoms with van der Waals surface area (Å²) in [6.45, 7) is 7.00. The number of nitrogens with zero attached hydrogens (tertiary/aromatic N) is 4. The van der Waals surface area contributed by atoms with E-state index in [0.717, 1.165) is 22.3 Å². The summed E-state index contributed by atoms with van der Waals surface area (Å²) < 4.78 is 26.4. The molecule has 12 heteroatoms. The van der Waals surface area contributed by atoms with Crippen molar-refractivity contribution >= 4 is 39.0 Å². The number of nitrogens with one attached hydrogen (secondary N) is 1. The number of anilines is 2. The maximum atomic E-state index is 15.2. The maximum Gasteiger partial charge on any atom is 0.263 e. The molecule has 0 radical (unpaired) electrons. The van der Waals surface area contributed by atoms with Gasteiger partial charge in [0.15, 0.2) is 11.6 Å². The Hall–Kier alpha value is -2.93. The number of thiophene rings is 1. The minimum atomic E-state index is -0.397. The number of aryl methyl sites for hydroxylation is 3. The van der Waals surface area contributed by atoms with Gasteiger partial charge in [-0.3, -0.25) is 4.79 Å². The Morgan fingerprint density at radius 3 is 2.87 bits per heavy atom. The number of hydrogen-bond acceptors (Lipinski definition) is 10. The summed E-state index contributed by atoms with van der Waals surface area (Å²) in [5.74, 6) is 0.296. The van der Waals surface area contributed by atoms with Gasteiger partial charge in [-0.05, 0) is 51.7 Å². The molecule has 2 aliphatic rings. The molecule has 0 bridgehead atoms. The Balaban J connectivity index is 1.27. The van der Waals surface area contributed by atoms with Gasteiger partial charge in [0.2, 0.25) is 0 Å². The zero-order valence-electron chi connectivity index (χ0n) is 22.1. The van der Waals surface area contributed by atoms with Gasteiger partial charge >= 0.3 is 0 Å². The van der Waals surface area contributed by atoms with E-state index < -0.39 is 5.82 Å². The molecule has 3 aromatic rings. The van der Waals surface area contributed by atoms with Crippen LogP contribution in [0.1, 0.15) is 45.8 Å². The molecule has 3 aromatic heterocycles. The van der Waals surface area contributed by atoms with Crippen LogP contribution in [0.4, 0.5) is 15.9 Å². The molecule has 4 atom stereocenters. The van der Waals surface area contributed by atoms with Crippen LogP contribution in [-0.4, -0.2) is 72.0 Å². The van der Waals surface area contributed by atoms with Gasteiger partial charge in [0, 0.05) is 31.9 Å². The Kier molecular flexibility index (Phi) is 7.49. The molecule has 5 rings (SSSR count). The lowest BCUT2D eigenvalue weighted by Gasteiger charge is -2.27. The number of hydrogen-bond donors (Lipinski definition) is 3. The van der Waals surface area contributed by atoms with Crippen molar-refractivity contribution in [2.75, 3.05) is 37.4 Å². The summed E-state index contributed by atoms with van der Waals surface area (Å²) in [7, 11) is 1.62. The summed E-state index contributed by atoms with van der Waals surface area (Å²) in [5, 5.41) is 3.80. The maximum absolute atomic E-state index is 15.2. The number of ether oxygens (including phenoxy) is 2. The number of pyridine rings is 1. The molecule has 0 aromatic carbocycles. The molecule has 0 spiro atoms. The highest BCUT2D eigenvalue weighted by Crippen LogP contribution is 2.34. The first-order valence-corrected chi connectivity index (χ1v) is 13.6. The van der Waals surface area contributed by atoms with Crippen LogP contribution in [0.15, 0.2) is 6.07 Å². The fourth-order valence-corrected chi connectivity index (χ4v) is 6.50. The molecule has 5 N–H and O–H groups in total. The summed E-state index contributed by atoms with van der Waals surface area (Å²) in [5.41, 5.74) is 15.4. The Morgan fingerprint density at radius 1 is 1.32 bits per heavy atom. The third-order valence-corrected chi connectivity index (χ3v) is 8.26. The van der Waals surface area contributed by atoms with E-state index in [2.05, 4.69) is 20.3 Å². The number of fused-ring (bicyclic) bond motifs is 2. The van der Waals surface area contributed by atoms with E-state index in [0.29, 0.717) is 66.0 Å². The molecule has 1 fully saturated rings. The number of carbonyl (C=O) groups is 1. The molecular weight excluding hydrogens is 509 g/mol. The zero-order chi connectivity index (χ0) is 27.1. The molecule has 0 saturated carbocycles. The number of carbonyl (C=O) groups excluding carboxylic acids is 1. The lowest BCUT2D eigenvalue weighted by atomic mass is 9.91. The average Bonchev–Trinajstić information content (AvgIpc) is 3.37. The van der Waals surface area contributed by atoms with Gasteiger partial charge in [0.25, 0.3) is 5.91 Å². The number of nitrogens with two attached hydrogens (primary N) is 2. The van der Waals surface area contributed by atoms with E-state index in [1.165, 1.54) is 11.3 Å². The molecule has 4 heterocycles. The van der Waals surface area contributed by atoms with E-state index in [1.807, 2.05) is 25.7 Å². The first-order valence-electron chi connectivity index (χ1n) is 12.8. The minimum absolute atomic E-state index is 0.103. The second-order valence-electron chi connectivity index (χ2n) is 10.2. The van der Waals surface area contributed by atoms with Crippen molar-refractivity contribution in [3.63, 3.8) is 0 Å². The van der Waals surface area contributed by atoms with Crippen LogP contribution >= 0.6 is 11.3 Å². The van der Waals surface area contributed by atoms with Gasteiger partial charge in [0.1, 0.15) is 15.5 Å². The lowest BCUT2D eigenvalue weighted by Crippen LogP contribution is -2.39. The average molecular weight is 544 g/mol. The van der Waals surface area contributed by atoms with Gasteiger partial charge in [-0.2, -0.15) is 0 Å². The SMILES string of the molecule is COCC(C)OC1CN(c2nc3c(cc2F)CC(NC(=O)c2sc4nc(C)nc(C)c4c2N)CC3)CC1N. The van der Waals surface area contributed by atoms with Gasteiger partial charge < -0.3 is 31.2 Å². The van der Waals surface area contributed by atoms with Crippen molar-refractivity contribution in [1.29, 1.82) is 0 Å². The quantitative estimate of drug-likeness (QED) is 0.409. The second-order valence-corrected chi connectivity index (χ2v) is 11.2. The molecule has 1 amide bonds. The van der Waals surface area contributed by atoms with Crippen LogP contribution < -0.4 is 21.7 Å². The predicted molar refractivity (Wildman–Crippen MR) is 145 cm³/mol. The fraction of sp³-hybridized carbons (Fsp3) is 0.538. The highest BCUT2D eigenvalue weighted by molar-refractivity contribution is 7.21. The predicted octanol–water partition coefficient (Wildman–Crippen LogP) is 2.28. The number of aromatic nitrogens is 3. The standard InChI is InChI=1S/C26H34FN7O3S/c1-12(11-36-4)37-20-10-34(9-18(20)28)24-17(27)8-15-7-16(5-6-19(15)33-24)32-25(35)23-22(29)21-13(2)30-14(3)31-26(21)38-23/h8,12,16,18,20H,5-7,9-11,28-29H2,1-4H3,(H,32,35). The molecule has 1 saturated heterocycles. The third-order valence-electron chi connectivity index (χ3n) is 7.16. The Bertz CT molecular complexity index is 1370. The van der Waals surface area contributed by atoms with Crippen molar-refractivity contribution in [2.45, 2.75) is 64.3 Å². The Morgan fingerprint density at radius 2 is 2.11 bits per heavy atom. The van der Waals surface area contributed by atoms with Crippen LogP contribution in [0.2, 0.25) is 0 Å². The summed E-state index contributed by atoms with van der Waals surface area (Å²) in [6.07, 6.45) is 1.49. The fourth-order valence-electron chi connectivity index (χ4n) is 5.41. The van der Waals surface area contributed by atoms with Crippen LogP contribution in [0.3, 0.4) is 0 Å². The van der Waals surface area contributed by atoms with Crippen molar-refractivity contribution in [3.8, 4) is 0 Å². The number of amides is 1. The highest BCUT2D eigenvalue weighted by atomic mass is 32.1. The molecule has 1 aliphatic heterocycles. The number of rotatable bonds is 7. The Labute approximate surface area is 224 Å². The van der Waals surface area contributed by atoms with E-state index in [4.69, 9.17) is 20.9 Å². The van der Waals surface area contributed by atoms with Crippen LogP contribution in [-0.2, 0) is 22.3 Å². The van der Waals surface area contributed by atoms with E-state index >= 15 is 4.39 Å². The number of methoxy groups -OCH3 is 1. The largest absolute Gasteiger partial charge is 0.397 e.